The Labute approximate surface area is 109 Å². The van der Waals surface area contributed by atoms with E-state index in [4.69, 9.17) is 0 Å². The number of halogens is 1. The van der Waals surface area contributed by atoms with Crippen molar-refractivity contribution in [2.75, 3.05) is 21.1 Å². The molecule has 0 aliphatic rings. The normalized spacial score (nSPS) is 12.8. The van der Waals surface area contributed by atoms with Crippen LogP contribution >= 0.6 is 0 Å². The van der Waals surface area contributed by atoms with E-state index >= 15 is 0 Å². The van der Waals surface area contributed by atoms with Crippen LogP contribution in [0.3, 0.4) is 0 Å². The molecule has 1 atom stereocenters. The van der Waals surface area contributed by atoms with Crippen molar-refractivity contribution in [1.29, 1.82) is 0 Å². The van der Waals surface area contributed by atoms with Gasteiger partial charge in [-0.25, -0.2) is 0 Å². The maximum Gasteiger partial charge on any atom is 0.219 e. The molecule has 0 fully saturated rings. The zero-order chi connectivity index (χ0) is 10.8. The van der Waals surface area contributed by atoms with Crippen LogP contribution in [0.25, 0.3) is 0 Å². The minimum atomic E-state index is -0.00241. The van der Waals surface area contributed by atoms with E-state index in [0.29, 0.717) is 4.48 Å². The van der Waals surface area contributed by atoms with Crippen LogP contribution in [0.4, 0.5) is 0 Å². The van der Waals surface area contributed by atoms with Crippen LogP contribution in [-0.4, -0.2) is 37.5 Å². The molecule has 15 heavy (non-hydrogen) atoms. The van der Waals surface area contributed by atoms with Gasteiger partial charge in [0.05, 0.1) is 21.1 Å². The highest BCUT2D eigenvalue weighted by atomic mass is 127. The smallest absolute Gasteiger partial charge is 0.219 e. The number of likely N-dealkylation sites (N-methyl/N-ethyl adjacent to an activating group) is 1. The third-order valence-electron chi connectivity index (χ3n) is 2.60. The van der Waals surface area contributed by atoms with Gasteiger partial charge < -0.3 is 28.5 Å². The lowest BCUT2D eigenvalue weighted by Gasteiger charge is -2.30. The van der Waals surface area contributed by atoms with Crippen molar-refractivity contribution in [3.63, 3.8) is 0 Å². The molecule has 0 amide bonds. The number of ketones is 1. The Balaban J connectivity index is 0.00000196. The summed E-state index contributed by atoms with van der Waals surface area (Å²) >= 11 is 0. The highest BCUT2D eigenvalue weighted by Crippen LogP contribution is 2.10. The Morgan fingerprint density at radius 2 is 1.60 bits per heavy atom. The molecule has 1 unspecified atom stereocenters. The fourth-order valence-electron chi connectivity index (χ4n) is 1.20. The highest BCUT2D eigenvalue weighted by molar-refractivity contribution is 5.99. The molecule has 0 bridgehead atoms. The summed E-state index contributed by atoms with van der Waals surface area (Å²) in [7, 11) is 6.10. The summed E-state index contributed by atoms with van der Waals surface area (Å²) in [4.78, 5) is 12.0. The van der Waals surface area contributed by atoms with Gasteiger partial charge in [-0.2, -0.15) is 0 Å². The molecule has 84 valence electrons. The monoisotopic (exact) mass is 319 g/mol. The Morgan fingerprint density at radius 1 is 1.13 bits per heavy atom. The molecule has 2 nitrogen and oxygen atoms in total. The summed E-state index contributed by atoms with van der Waals surface area (Å²) in [5.74, 6) is 0.207. The van der Waals surface area contributed by atoms with Crippen LogP contribution in [0.5, 0.6) is 0 Å². The first kappa shape index (κ1) is 14.6. The molecule has 3 heteroatoms. The summed E-state index contributed by atoms with van der Waals surface area (Å²) in [6, 6.07) is 9.46. The van der Waals surface area contributed by atoms with Crippen LogP contribution < -0.4 is 24.0 Å². The van der Waals surface area contributed by atoms with E-state index in [2.05, 4.69) is 0 Å². The topological polar surface area (TPSA) is 17.1 Å². The summed E-state index contributed by atoms with van der Waals surface area (Å²) in [5, 5.41) is 0. The van der Waals surface area contributed by atoms with Crippen LogP contribution in [0.1, 0.15) is 17.3 Å². The van der Waals surface area contributed by atoms with Crippen molar-refractivity contribution in [3.8, 4) is 0 Å². The van der Waals surface area contributed by atoms with Gasteiger partial charge >= 0.3 is 0 Å². The molecule has 0 heterocycles. The lowest BCUT2D eigenvalue weighted by Crippen LogP contribution is -3.00. The molecule has 0 aliphatic carbocycles. The standard InChI is InChI=1S/C12H18NO.HI/c1-10(13(2,3)4)12(14)11-8-6-5-7-9-11;/h5-10H,1-4H3;1H/q+1;/p-1. The molecule has 0 N–H and O–H groups in total. The molecular formula is C12H18INO. The van der Waals surface area contributed by atoms with Gasteiger partial charge in [-0.1, -0.05) is 30.3 Å². The average Bonchev–Trinajstić information content (AvgIpc) is 2.15. The molecule has 1 aromatic rings. The molecule has 0 aromatic heterocycles. The first-order chi connectivity index (χ1) is 6.43. The predicted octanol–water partition coefficient (Wildman–Crippen LogP) is -1.03. The molecule has 1 aromatic carbocycles. The number of rotatable bonds is 3. The van der Waals surface area contributed by atoms with Crippen molar-refractivity contribution in [1.82, 2.24) is 0 Å². The first-order valence-corrected chi connectivity index (χ1v) is 4.83. The lowest BCUT2D eigenvalue weighted by atomic mass is 10.0. The average molecular weight is 319 g/mol. The van der Waals surface area contributed by atoms with E-state index in [-0.39, 0.29) is 35.8 Å². The number of Topliss-reactive ketones (excluding diaryl/α,β-unsaturated/α-hetero) is 1. The highest BCUT2D eigenvalue weighted by Gasteiger charge is 2.26. The number of benzene rings is 1. The second kappa shape index (κ2) is 5.61. The molecular weight excluding hydrogens is 301 g/mol. The second-order valence-electron chi connectivity index (χ2n) is 4.52. The van der Waals surface area contributed by atoms with Gasteiger partial charge in [-0.15, -0.1) is 0 Å². The Bertz CT molecular complexity index is 316. The van der Waals surface area contributed by atoms with Gasteiger partial charge in [0.25, 0.3) is 0 Å². The Kier molecular flexibility index (Phi) is 5.45. The number of carbonyl (C=O) groups excluding carboxylic acids is 1. The van der Waals surface area contributed by atoms with E-state index in [1.54, 1.807) is 0 Å². The third kappa shape index (κ3) is 3.91. The van der Waals surface area contributed by atoms with Crippen LogP contribution in [-0.2, 0) is 0 Å². The van der Waals surface area contributed by atoms with E-state index in [1.807, 2.05) is 58.4 Å². The zero-order valence-electron chi connectivity index (χ0n) is 9.70. The first-order valence-electron chi connectivity index (χ1n) is 4.83. The summed E-state index contributed by atoms with van der Waals surface area (Å²) in [6.45, 7) is 1.97. The number of hydrogen-bond acceptors (Lipinski definition) is 1. The number of quaternary nitrogens is 1. The molecule has 0 spiro atoms. The van der Waals surface area contributed by atoms with Crippen molar-refractivity contribution < 1.29 is 33.3 Å². The van der Waals surface area contributed by atoms with Gasteiger partial charge in [0, 0.05) is 5.56 Å². The maximum absolute atomic E-state index is 12.0. The maximum atomic E-state index is 12.0. The van der Waals surface area contributed by atoms with Crippen molar-refractivity contribution in [2.24, 2.45) is 0 Å². The number of hydrogen-bond donors (Lipinski definition) is 0. The van der Waals surface area contributed by atoms with E-state index in [9.17, 15) is 4.79 Å². The van der Waals surface area contributed by atoms with E-state index in [0.717, 1.165) is 5.56 Å². The van der Waals surface area contributed by atoms with Gasteiger partial charge in [0.2, 0.25) is 5.78 Å². The molecule has 0 aliphatic heterocycles. The van der Waals surface area contributed by atoms with E-state index in [1.165, 1.54) is 0 Å². The van der Waals surface area contributed by atoms with Gasteiger partial charge in [-0.3, -0.25) is 4.79 Å². The fourth-order valence-corrected chi connectivity index (χ4v) is 1.20. The molecule has 0 saturated heterocycles. The van der Waals surface area contributed by atoms with Crippen molar-refractivity contribution in [3.05, 3.63) is 35.9 Å². The summed E-state index contributed by atoms with van der Waals surface area (Å²) in [6.07, 6.45) is 0. The molecule has 1 rings (SSSR count). The lowest BCUT2D eigenvalue weighted by molar-refractivity contribution is -0.883. The molecule has 0 saturated carbocycles. The van der Waals surface area contributed by atoms with Gasteiger partial charge in [-0.05, 0) is 6.92 Å². The SMILES string of the molecule is CC(C(=O)c1ccccc1)[N+](C)(C)C.[I-]. The fraction of sp³-hybridized carbons (Fsp3) is 0.417. The quantitative estimate of drug-likeness (QED) is 0.396. The summed E-state index contributed by atoms with van der Waals surface area (Å²) < 4.78 is 0.660. The van der Waals surface area contributed by atoms with Gasteiger partial charge in [0.15, 0.2) is 0 Å². The number of carbonyl (C=O) groups is 1. The van der Waals surface area contributed by atoms with Crippen LogP contribution in [0, 0.1) is 0 Å². The second-order valence-corrected chi connectivity index (χ2v) is 4.52. The van der Waals surface area contributed by atoms with Crippen LogP contribution in [0.15, 0.2) is 30.3 Å². The molecule has 0 radical (unpaired) electrons. The number of nitrogens with zero attached hydrogens (tertiary/aromatic N) is 1. The minimum absolute atomic E-state index is 0. The zero-order valence-corrected chi connectivity index (χ0v) is 11.9. The van der Waals surface area contributed by atoms with Gasteiger partial charge in [0.1, 0.15) is 6.04 Å². The van der Waals surface area contributed by atoms with Crippen molar-refractivity contribution >= 4 is 5.78 Å². The van der Waals surface area contributed by atoms with E-state index < -0.39 is 0 Å². The summed E-state index contributed by atoms with van der Waals surface area (Å²) in [5.41, 5.74) is 0.799. The third-order valence-corrected chi connectivity index (χ3v) is 2.60. The minimum Gasteiger partial charge on any atom is -1.00 e. The Hall–Kier alpha value is -0.420. The largest absolute Gasteiger partial charge is 1.00 e. The predicted molar refractivity (Wildman–Crippen MR) is 58.3 cm³/mol. The van der Waals surface area contributed by atoms with Crippen molar-refractivity contribution in [2.45, 2.75) is 13.0 Å². The van der Waals surface area contributed by atoms with Crippen LogP contribution in [0.2, 0.25) is 0 Å². The Morgan fingerprint density at radius 3 is 2.00 bits per heavy atom.